The number of hydrogen-bond donors (Lipinski definition) is 1. The second-order valence-electron chi connectivity index (χ2n) is 6.35. The summed E-state index contributed by atoms with van der Waals surface area (Å²) in [6.07, 6.45) is 5.82. The van der Waals surface area contributed by atoms with Crippen LogP contribution in [0.2, 0.25) is 0 Å². The first-order valence-corrected chi connectivity index (χ1v) is 8.05. The van der Waals surface area contributed by atoms with Crippen molar-refractivity contribution < 1.29 is 9.84 Å². The van der Waals surface area contributed by atoms with Gasteiger partial charge in [0.25, 0.3) is 0 Å². The van der Waals surface area contributed by atoms with Gasteiger partial charge in [0.2, 0.25) is 0 Å². The van der Waals surface area contributed by atoms with Crippen LogP contribution in [-0.2, 0) is 0 Å². The normalized spacial score (nSPS) is 24.6. The Labute approximate surface area is 123 Å². The number of hydrogen-bond acceptors (Lipinski definition) is 2. The monoisotopic (exact) mass is 276 g/mol. The second kappa shape index (κ2) is 7.12. The molecule has 0 heterocycles. The summed E-state index contributed by atoms with van der Waals surface area (Å²) in [4.78, 5) is 0. The Hall–Kier alpha value is -1.02. The van der Waals surface area contributed by atoms with Crippen LogP contribution in [0.25, 0.3) is 0 Å². The van der Waals surface area contributed by atoms with E-state index in [-0.39, 0.29) is 12.2 Å². The van der Waals surface area contributed by atoms with Gasteiger partial charge in [-0.25, -0.2) is 0 Å². The molecule has 1 aliphatic rings. The maximum atomic E-state index is 10.8. The molecule has 2 nitrogen and oxygen atoms in total. The van der Waals surface area contributed by atoms with Gasteiger partial charge in [0.1, 0.15) is 5.75 Å². The van der Waals surface area contributed by atoms with E-state index in [4.69, 9.17) is 4.74 Å². The molecule has 0 saturated heterocycles. The summed E-state index contributed by atoms with van der Waals surface area (Å²) in [7, 11) is 0. The van der Waals surface area contributed by atoms with E-state index >= 15 is 0 Å². The van der Waals surface area contributed by atoms with Crippen molar-refractivity contribution in [1.82, 2.24) is 0 Å². The molecule has 2 heteroatoms. The van der Waals surface area contributed by atoms with E-state index < -0.39 is 0 Å². The minimum absolute atomic E-state index is 0.137. The van der Waals surface area contributed by atoms with Crippen LogP contribution < -0.4 is 4.74 Å². The van der Waals surface area contributed by atoms with Crippen molar-refractivity contribution in [2.45, 2.75) is 65.1 Å². The Morgan fingerprint density at radius 2 is 2.00 bits per heavy atom. The Kier molecular flexibility index (Phi) is 5.47. The van der Waals surface area contributed by atoms with E-state index in [1.165, 1.54) is 19.3 Å². The molecule has 0 aromatic heterocycles. The van der Waals surface area contributed by atoms with Crippen molar-refractivity contribution in [3.8, 4) is 5.75 Å². The third-order valence-electron chi connectivity index (χ3n) is 4.45. The maximum Gasteiger partial charge on any atom is 0.125 e. The van der Waals surface area contributed by atoms with E-state index in [9.17, 15) is 5.11 Å². The molecule has 0 amide bonds. The molecule has 0 bridgehead atoms. The number of rotatable bonds is 5. The second-order valence-corrected chi connectivity index (χ2v) is 6.35. The van der Waals surface area contributed by atoms with E-state index in [1.807, 2.05) is 38.1 Å². The quantitative estimate of drug-likeness (QED) is 0.843. The molecular weight excluding hydrogens is 248 g/mol. The molecule has 3 unspecified atom stereocenters. The van der Waals surface area contributed by atoms with Crippen molar-refractivity contribution in [2.24, 2.45) is 11.8 Å². The molecule has 112 valence electrons. The molecule has 1 saturated carbocycles. The lowest BCUT2D eigenvalue weighted by Gasteiger charge is -2.32. The van der Waals surface area contributed by atoms with Crippen LogP contribution in [-0.4, -0.2) is 11.2 Å². The Morgan fingerprint density at radius 3 is 2.70 bits per heavy atom. The van der Waals surface area contributed by atoms with Crippen molar-refractivity contribution in [1.29, 1.82) is 0 Å². The molecule has 1 aromatic rings. The van der Waals surface area contributed by atoms with Crippen LogP contribution in [0.15, 0.2) is 24.3 Å². The van der Waals surface area contributed by atoms with Gasteiger partial charge in [0.15, 0.2) is 0 Å². The van der Waals surface area contributed by atoms with Crippen LogP contribution in [0, 0.1) is 11.8 Å². The van der Waals surface area contributed by atoms with Crippen LogP contribution in [0.1, 0.15) is 64.5 Å². The maximum absolute atomic E-state index is 10.8. The highest BCUT2D eigenvalue weighted by Gasteiger charge is 2.29. The number of benzene rings is 1. The third kappa shape index (κ3) is 3.76. The number of ether oxygens (including phenoxy) is 1. The van der Waals surface area contributed by atoms with Gasteiger partial charge < -0.3 is 9.84 Å². The zero-order chi connectivity index (χ0) is 14.5. The molecule has 0 aliphatic heterocycles. The van der Waals surface area contributed by atoms with Gasteiger partial charge in [-0.3, -0.25) is 0 Å². The van der Waals surface area contributed by atoms with Gasteiger partial charge in [0, 0.05) is 5.56 Å². The summed E-state index contributed by atoms with van der Waals surface area (Å²) in [6, 6.07) is 7.95. The predicted octanol–water partition coefficient (Wildman–Crippen LogP) is 4.72. The van der Waals surface area contributed by atoms with E-state index in [0.29, 0.717) is 5.92 Å². The summed E-state index contributed by atoms with van der Waals surface area (Å²) in [5.74, 6) is 2.00. The standard InChI is InChI=1S/C18H28O2/c1-4-14-8-7-9-15(12-14)18(19)16-10-5-6-11-17(16)20-13(2)3/h5-6,10-11,13-15,18-19H,4,7-9,12H2,1-3H3. The van der Waals surface area contributed by atoms with E-state index in [2.05, 4.69) is 6.92 Å². The minimum atomic E-state index is -0.390. The Bertz CT molecular complexity index is 414. The fraction of sp³-hybridized carbons (Fsp3) is 0.667. The molecule has 1 fully saturated rings. The molecule has 3 atom stereocenters. The van der Waals surface area contributed by atoms with E-state index in [1.54, 1.807) is 0 Å². The van der Waals surface area contributed by atoms with Crippen LogP contribution in [0.4, 0.5) is 0 Å². The molecule has 1 aliphatic carbocycles. The lowest BCUT2D eigenvalue weighted by atomic mass is 9.76. The molecule has 1 N–H and O–H groups in total. The van der Waals surface area contributed by atoms with Gasteiger partial charge in [0.05, 0.1) is 12.2 Å². The minimum Gasteiger partial charge on any atom is -0.491 e. The third-order valence-corrected chi connectivity index (χ3v) is 4.45. The van der Waals surface area contributed by atoms with Gasteiger partial charge in [-0.05, 0) is 44.6 Å². The molecule has 2 rings (SSSR count). The summed E-state index contributed by atoms with van der Waals surface area (Å²) in [6.45, 7) is 6.31. The van der Waals surface area contributed by atoms with Crippen molar-refractivity contribution in [3.63, 3.8) is 0 Å². The summed E-state index contributed by atoms with van der Waals surface area (Å²) < 4.78 is 5.85. The first-order chi connectivity index (χ1) is 9.61. The smallest absolute Gasteiger partial charge is 0.125 e. The summed E-state index contributed by atoms with van der Waals surface area (Å²) in [5, 5.41) is 10.8. The fourth-order valence-electron chi connectivity index (χ4n) is 3.33. The molecule has 1 aromatic carbocycles. The average molecular weight is 276 g/mol. The predicted molar refractivity (Wildman–Crippen MR) is 82.9 cm³/mol. The van der Waals surface area contributed by atoms with Gasteiger partial charge in [-0.1, -0.05) is 44.4 Å². The Balaban J connectivity index is 2.13. The average Bonchev–Trinajstić information content (AvgIpc) is 2.46. The summed E-state index contributed by atoms with van der Waals surface area (Å²) in [5.41, 5.74) is 0.961. The van der Waals surface area contributed by atoms with Crippen molar-refractivity contribution in [3.05, 3.63) is 29.8 Å². The number of para-hydroxylation sites is 1. The molecule has 0 spiro atoms. The number of aliphatic hydroxyl groups is 1. The fourth-order valence-corrected chi connectivity index (χ4v) is 3.33. The Morgan fingerprint density at radius 1 is 1.25 bits per heavy atom. The molecule has 0 radical (unpaired) electrons. The first-order valence-electron chi connectivity index (χ1n) is 8.05. The molecular formula is C18H28O2. The topological polar surface area (TPSA) is 29.5 Å². The van der Waals surface area contributed by atoms with Crippen LogP contribution in [0.5, 0.6) is 5.75 Å². The zero-order valence-electron chi connectivity index (χ0n) is 13.0. The van der Waals surface area contributed by atoms with Crippen molar-refractivity contribution >= 4 is 0 Å². The van der Waals surface area contributed by atoms with Gasteiger partial charge in [-0.15, -0.1) is 0 Å². The number of aliphatic hydroxyl groups excluding tert-OH is 1. The zero-order valence-corrected chi connectivity index (χ0v) is 13.0. The highest BCUT2D eigenvalue weighted by molar-refractivity contribution is 5.35. The van der Waals surface area contributed by atoms with Crippen molar-refractivity contribution in [2.75, 3.05) is 0 Å². The summed E-state index contributed by atoms with van der Waals surface area (Å²) >= 11 is 0. The SMILES string of the molecule is CCC1CCCC(C(O)c2ccccc2OC(C)C)C1. The van der Waals surface area contributed by atoms with Gasteiger partial charge in [-0.2, -0.15) is 0 Å². The highest BCUT2D eigenvalue weighted by atomic mass is 16.5. The van der Waals surface area contributed by atoms with Crippen LogP contribution >= 0.6 is 0 Å². The lowest BCUT2D eigenvalue weighted by molar-refractivity contribution is 0.0642. The highest BCUT2D eigenvalue weighted by Crippen LogP contribution is 2.40. The molecule has 20 heavy (non-hydrogen) atoms. The van der Waals surface area contributed by atoms with Gasteiger partial charge >= 0.3 is 0 Å². The van der Waals surface area contributed by atoms with E-state index in [0.717, 1.165) is 30.1 Å². The first kappa shape index (κ1) is 15.4. The largest absolute Gasteiger partial charge is 0.491 e. The van der Waals surface area contributed by atoms with Crippen LogP contribution in [0.3, 0.4) is 0 Å². The lowest BCUT2D eigenvalue weighted by Crippen LogP contribution is -2.22.